The van der Waals surface area contributed by atoms with Gasteiger partial charge < -0.3 is 10.7 Å². The zero-order valence-corrected chi connectivity index (χ0v) is 7.06. The van der Waals surface area contributed by atoms with Crippen molar-refractivity contribution in [2.75, 3.05) is 5.73 Å². The summed E-state index contributed by atoms with van der Waals surface area (Å²) in [5.74, 6) is -0.226. The summed E-state index contributed by atoms with van der Waals surface area (Å²) in [7, 11) is 2.09. The molecule has 12 heavy (non-hydrogen) atoms. The van der Waals surface area contributed by atoms with Crippen molar-refractivity contribution < 1.29 is 4.92 Å². The van der Waals surface area contributed by atoms with Crippen LogP contribution in [-0.4, -0.2) is 9.91 Å². The molecule has 0 radical (unpaired) electrons. The van der Waals surface area contributed by atoms with E-state index < -0.39 is 10.5 Å². The van der Waals surface area contributed by atoms with Crippen LogP contribution in [0.3, 0.4) is 0 Å². The highest BCUT2D eigenvalue weighted by molar-refractivity contribution is 7.27. The average Bonchev–Trinajstić information content (AvgIpc) is 1.96. The number of nitrogens with zero attached hydrogens (tertiary/aromatic N) is 1. The first-order valence-electron chi connectivity index (χ1n) is 2.95. The Kier molecular flexibility index (Phi) is 2.10. The lowest BCUT2D eigenvalue weighted by Crippen LogP contribution is -2.23. The van der Waals surface area contributed by atoms with Crippen LogP contribution in [0.4, 0.5) is 11.5 Å². The van der Waals surface area contributed by atoms with E-state index >= 15 is 0 Å². The van der Waals surface area contributed by atoms with Crippen molar-refractivity contribution in [2.24, 2.45) is 0 Å². The lowest BCUT2D eigenvalue weighted by atomic mass is 10.4. The minimum atomic E-state index is -0.654. The highest BCUT2D eigenvalue weighted by Crippen LogP contribution is 2.14. The number of aromatic nitrogens is 1. The molecule has 1 unspecified atom stereocenters. The minimum Gasteiger partial charge on any atom is -0.379 e. The molecule has 0 bridgehead atoms. The van der Waals surface area contributed by atoms with Crippen molar-refractivity contribution in [3.63, 3.8) is 0 Å². The third-order valence-corrected chi connectivity index (χ3v) is 1.70. The van der Waals surface area contributed by atoms with Gasteiger partial charge in [0.15, 0.2) is 5.82 Å². The summed E-state index contributed by atoms with van der Waals surface area (Å²) in [6.45, 7) is 0. The second-order valence-corrected chi connectivity index (χ2v) is 2.73. The molecule has 1 aromatic rings. The Bertz CT molecular complexity index is 386. The van der Waals surface area contributed by atoms with Gasteiger partial charge in [-0.25, -0.2) is 0 Å². The van der Waals surface area contributed by atoms with E-state index in [1.165, 1.54) is 0 Å². The van der Waals surface area contributed by atoms with E-state index in [1.54, 1.807) is 0 Å². The van der Waals surface area contributed by atoms with Gasteiger partial charge in [-0.2, -0.15) is 0 Å². The summed E-state index contributed by atoms with van der Waals surface area (Å²) >= 11 is 0. The molecule has 0 aliphatic carbocycles. The first-order valence-corrected chi connectivity index (χ1v) is 3.52. The minimum absolute atomic E-state index is 0.191. The molecule has 0 aromatic carbocycles. The molecule has 7 heteroatoms. The summed E-state index contributed by atoms with van der Waals surface area (Å²) in [5, 5.41) is 10.5. The second-order valence-electron chi connectivity index (χ2n) is 2.11. The molecule has 0 saturated carbocycles. The van der Waals surface area contributed by atoms with Crippen LogP contribution < -0.4 is 16.6 Å². The summed E-state index contributed by atoms with van der Waals surface area (Å²) < 4.78 is 0. The van der Waals surface area contributed by atoms with Crippen LogP contribution in [0.5, 0.6) is 0 Å². The molecule has 0 aliphatic rings. The van der Waals surface area contributed by atoms with Crippen LogP contribution in [0.2, 0.25) is 0 Å². The highest BCUT2D eigenvalue weighted by atomic mass is 31.0. The molecule has 3 N–H and O–H groups in total. The smallest absolute Gasteiger partial charge is 0.310 e. The van der Waals surface area contributed by atoms with Crippen LogP contribution >= 0.6 is 9.24 Å². The predicted molar refractivity (Wildman–Crippen MR) is 47.5 cm³/mol. The first-order chi connectivity index (χ1) is 5.52. The maximum atomic E-state index is 10.8. The van der Waals surface area contributed by atoms with Crippen molar-refractivity contribution in [3.05, 3.63) is 26.5 Å². The number of nitro groups is 1. The number of rotatable bonds is 1. The third kappa shape index (κ3) is 1.43. The van der Waals surface area contributed by atoms with E-state index in [0.717, 1.165) is 6.07 Å². The van der Waals surface area contributed by atoms with Gasteiger partial charge in [0.05, 0.1) is 4.92 Å². The van der Waals surface area contributed by atoms with E-state index in [4.69, 9.17) is 5.73 Å². The van der Waals surface area contributed by atoms with Crippen molar-refractivity contribution >= 4 is 26.0 Å². The van der Waals surface area contributed by atoms with Gasteiger partial charge in [-0.3, -0.25) is 14.9 Å². The molecular weight excluding hydrogens is 181 g/mol. The van der Waals surface area contributed by atoms with Gasteiger partial charge in [-0.15, -0.1) is 0 Å². The van der Waals surface area contributed by atoms with Gasteiger partial charge in [0.2, 0.25) is 0 Å². The van der Waals surface area contributed by atoms with Crippen LogP contribution in [0.15, 0.2) is 10.9 Å². The van der Waals surface area contributed by atoms with Gasteiger partial charge in [-0.1, -0.05) is 9.24 Å². The van der Waals surface area contributed by atoms with Crippen molar-refractivity contribution in [2.45, 2.75) is 0 Å². The fourth-order valence-corrected chi connectivity index (χ4v) is 0.930. The number of hydrogen-bond donors (Lipinski definition) is 2. The highest BCUT2D eigenvalue weighted by Gasteiger charge is 2.12. The summed E-state index contributed by atoms with van der Waals surface area (Å²) in [6, 6.07) is 1.11. The number of hydrogen-bond acceptors (Lipinski definition) is 4. The molecule has 1 aromatic heterocycles. The average molecular weight is 187 g/mol. The van der Waals surface area contributed by atoms with E-state index in [9.17, 15) is 14.9 Å². The first kappa shape index (κ1) is 8.67. The van der Waals surface area contributed by atoms with Crippen LogP contribution in [-0.2, 0) is 0 Å². The fraction of sp³-hybridized carbons (Fsp3) is 0. The molecule has 0 amide bonds. The van der Waals surface area contributed by atoms with Gasteiger partial charge in [-0.05, 0) is 0 Å². The van der Waals surface area contributed by atoms with Crippen molar-refractivity contribution in [3.8, 4) is 0 Å². The molecular formula is C5H6N3O3P. The van der Waals surface area contributed by atoms with E-state index in [0.29, 0.717) is 0 Å². The molecule has 1 atom stereocenters. The fourth-order valence-electron chi connectivity index (χ4n) is 0.700. The van der Waals surface area contributed by atoms with Crippen molar-refractivity contribution in [1.82, 2.24) is 4.98 Å². The molecule has 0 aliphatic heterocycles. The van der Waals surface area contributed by atoms with E-state index in [-0.39, 0.29) is 16.8 Å². The molecule has 0 saturated heterocycles. The monoisotopic (exact) mass is 187 g/mol. The molecule has 6 nitrogen and oxygen atoms in total. The number of aromatic amines is 1. The Morgan fingerprint density at radius 2 is 2.25 bits per heavy atom. The van der Waals surface area contributed by atoms with Gasteiger partial charge in [0, 0.05) is 11.4 Å². The number of nitrogens with two attached hydrogens (primary N) is 1. The molecule has 64 valence electrons. The Morgan fingerprint density at radius 1 is 1.67 bits per heavy atom. The summed E-state index contributed by atoms with van der Waals surface area (Å²) in [5.41, 5.74) is 4.45. The number of nitrogens with one attached hydrogen (secondary N) is 1. The molecule has 0 fully saturated rings. The van der Waals surface area contributed by atoms with Crippen LogP contribution in [0.25, 0.3) is 0 Å². The lowest BCUT2D eigenvalue weighted by molar-refractivity contribution is -0.384. The quantitative estimate of drug-likeness (QED) is 0.347. The molecule has 1 heterocycles. The Balaban J connectivity index is 3.43. The number of nitrogen functional groups attached to an aromatic ring is 1. The zero-order chi connectivity index (χ0) is 9.30. The lowest BCUT2D eigenvalue weighted by Gasteiger charge is -1.96. The van der Waals surface area contributed by atoms with E-state index in [1.807, 2.05) is 0 Å². The SMILES string of the molecule is Nc1[nH]c(=O)c(P)cc1[N+](=O)[O-]. The largest absolute Gasteiger partial charge is 0.379 e. The van der Waals surface area contributed by atoms with Gasteiger partial charge >= 0.3 is 5.69 Å². The Labute approximate surface area is 69.1 Å². The second kappa shape index (κ2) is 2.91. The number of anilines is 1. The van der Waals surface area contributed by atoms with Crippen molar-refractivity contribution in [1.29, 1.82) is 0 Å². The van der Waals surface area contributed by atoms with E-state index in [2.05, 4.69) is 14.2 Å². The summed E-state index contributed by atoms with van der Waals surface area (Å²) in [4.78, 5) is 22.6. The Hall–Kier alpha value is -1.42. The van der Waals surface area contributed by atoms with Crippen LogP contribution in [0.1, 0.15) is 0 Å². The van der Waals surface area contributed by atoms with Gasteiger partial charge in [0.25, 0.3) is 5.56 Å². The summed E-state index contributed by atoms with van der Waals surface area (Å²) in [6.07, 6.45) is 0. The normalized spacial score (nSPS) is 9.75. The van der Waals surface area contributed by atoms with Crippen LogP contribution in [0, 0.1) is 10.1 Å². The maximum absolute atomic E-state index is 10.8. The molecule has 1 rings (SSSR count). The number of pyridine rings is 1. The maximum Gasteiger partial charge on any atom is 0.310 e. The zero-order valence-electron chi connectivity index (χ0n) is 5.90. The number of H-pyrrole nitrogens is 1. The predicted octanol–water partition coefficient (Wildman–Crippen LogP) is -0.634. The Morgan fingerprint density at radius 3 is 2.75 bits per heavy atom. The topological polar surface area (TPSA) is 102 Å². The molecule has 0 spiro atoms. The van der Waals surface area contributed by atoms with Gasteiger partial charge in [0.1, 0.15) is 0 Å². The standard InChI is InChI=1S/C5H6N3O3P/c6-4-2(8(10)11)1-3(12)5(9)7-4/h1H,12H2,(H3,6,7,9). The third-order valence-electron chi connectivity index (χ3n) is 1.28.